The van der Waals surface area contributed by atoms with Crippen LogP contribution in [0.5, 0.6) is 0 Å². The van der Waals surface area contributed by atoms with Gasteiger partial charge in [0.2, 0.25) is 0 Å². The largest absolute Gasteiger partial charge is 0.279 e. The zero-order valence-corrected chi connectivity index (χ0v) is 39.0. The molecule has 0 fully saturated rings. The fourth-order valence-corrected chi connectivity index (χ4v) is 7.25. The van der Waals surface area contributed by atoms with Crippen molar-refractivity contribution in [2.75, 3.05) is 14.7 Å². The molecular weight excluding hydrogens is 777 g/mol. The predicted molar refractivity (Wildman–Crippen MR) is 260 cm³/mol. The minimum Gasteiger partial charge on any atom is -0.279 e. The Kier molecular flexibility index (Phi) is 13.6. The van der Waals surface area contributed by atoms with Crippen LogP contribution in [0.2, 0.25) is 0 Å². The SMILES string of the molecule is CC(C)c1cccc(N(c2cc(N(c3cccc(C(C)C)n3)c3cccc(C(C)C)n3)nc(N(c3cccc(C(C)C)n3)c3cccc(C(C)C)n3)c2)c2cccc(C(C)C)n2)n1. The highest BCUT2D eigenvalue weighted by Gasteiger charge is 2.27. The molecule has 7 rings (SSSR count). The van der Waals surface area contributed by atoms with Gasteiger partial charge in [0, 0.05) is 46.3 Å². The highest BCUT2D eigenvalue weighted by molar-refractivity contribution is 5.83. The first-order chi connectivity index (χ1) is 30.2. The van der Waals surface area contributed by atoms with Crippen LogP contribution < -0.4 is 14.7 Å². The van der Waals surface area contributed by atoms with Crippen LogP contribution in [0.1, 0.15) is 153 Å². The van der Waals surface area contributed by atoms with Gasteiger partial charge in [0.05, 0.1) is 5.69 Å². The van der Waals surface area contributed by atoms with Crippen molar-refractivity contribution in [3.05, 3.63) is 155 Å². The van der Waals surface area contributed by atoms with E-state index in [1.165, 1.54) is 0 Å². The van der Waals surface area contributed by atoms with Gasteiger partial charge in [-0.05, 0) is 108 Å². The van der Waals surface area contributed by atoms with Crippen LogP contribution in [0.3, 0.4) is 0 Å². The molecule has 10 heteroatoms. The summed E-state index contributed by atoms with van der Waals surface area (Å²) in [6, 6.07) is 41.3. The molecule has 0 unspecified atom stereocenters. The van der Waals surface area contributed by atoms with E-state index in [1.807, 2.05) is 36.4 Å². The molecule has 0 N–H and O–H groups in total. The molecule has 0 radical (unpaired) electrons. The Bertz CT molecular complexity index is 2200. The molecule has 10 nitrogen and oxygen atoms in total. The van der Waals surface area contributed by atoms with Crippen molar-refractivity contribution in [2.24, 2.45) is 0 Å². The van der Waals surface area contributed by atoms with E-state index >= 15 is 0 Å². The van der Waals surface area contributed by atoms with Crippen LogP contribution in [0.25, 0.3) is 0 Å². The number of nitrogens with zero attached hydrogens (tertiary/aromatic N) is 10. The third kappa shape index (κ3) is 10.1. The Labute approximate surface area is 374 Å². The summed E-state index contributed by atoms with van der Waals surface area (Å²) in [5, 5.41) is 0. The minimum absolute atomic E-state index is 0.194. The number of hydrogen-bond acceptors (Lipinski definition) is 10. The quantitative estimate of drug-likeness (QED) is 0.0992. The third-order valence-corrected chi connectivity index (χ3v) is 11.0. The fourth-order valence-electron chi connectivity index (χ4n) is 7.25. The molecule has 0 saturated carbocycles. The summed E-state index contributed by atoms with van der Waals surface area (Å²) < 4.78 is 0. The highest BCUT2D eigenvalue weighted by Crippen LogP contribution is 2.43. The summed E-state index contributed by atoms with van der Waals surface area (Å²) in [7, 11) is 0. The topological polar surface area (TPSA) is 100.0 Å². The van der Waals surface area contributed by atoms with E-state index in [0.717, 1.165) is 51.5 Å². The van der Waals surface area contributed by atoms with Crippen molar-refractivity contribution in [1.29, 1.82) is 0 Å². The number of pyridine rings is 7. The second-order valence-electron chi connectivity index (χ2n) is 18.0. The van der Waals surface area contributed by atoms with Gasteiger partial charge in [-0.15, -0.1) is 0 Å². The summed E-state index contributed by atoms with van der Waals surface area (Å²) in [4.78, 5) is 43.6. The molecule has 0 aliphatic carbocycles. The van der Waals surface area contributed by atoms with E-state index in [1.54, 1.807) is 0 Å². The average molecular weight is 839 g/mol. The van der Waals surface area contributed by atoms with Crippen LogP contribution in [0, 0.1) is 0 Å². The van der Waals surface area contributed by atoms with E-state index < -0.39 is 0 Å². The van der Waals surface area contributed by atoms with E-state index in [0.29, 0.717) is 34.9 Å². The second kappa shape index (κ2) is 19.2. The van der Waals surface area contributed by atoms with Crippen molar-refractivity contribution in [2.45, 2.75) is 119 Å². The maximum atomic E-state index is 5.62. The van der Waals surface area contributed by atoms with Crippen LogP contribution in [-0.4, -0.2) is 34.9 Å². The maximum Gasteiger partial charge on any atom is 0.144 e. The number of hydrogen-bond donors (Lipinski definition) is 0. The molecule has 0 atom stereocenters. The lowest BCUT2D eigenvalue weighted by Gasteiger charge is -2.30. The number of rotatable bonds is 15. The van der Waals surface area contributed by atoms with Gasteiger partial charge in [-0.2, -0.15) is 0 Å². The lowest BCUT2D eigenvalue weighted by Crippen LogP contribution is -2.21. The van der Waals surface area contributed by atoms with Gasteiger partial charge in [0.15, 0.2) is 0 Å². The Morgan fingerprint density at radius 1 is 0.254 bits per heavy atom. The normalized spacial score (nSPS) is 11.7. The molecule has 7 aromatic rings. The van der Waals surface area contributed by atoms with Gasteiger partial charge >= 0.3 is 0 Å². The van der Waals surface area contributed by atoms with E-state index in [9.17, 15) is 0 Å². The highest BCUT2D eigenvalue weighted by atomic mass is 15.3. The van der Waals surface area contributed by atoms with Crippen LogP contribution in [-0.2, 0) is 0 Å². The Morgan fingerprint density at radius 3 is 0.667 bits per heavy atom. The fraction of sp³-hybridized carbons (Fsp3) is 0.340. The van der Waals surface area contributed by atoms with Crippen LogP contribution in [0.4, 0.5) is 52.2 Å². The standard InChI is InChI=1S/C53H62N10/c1-33(2)40-19-13-25-46(54-40)61(47-26-14-20-41(55-47)34(3)4)39-31-52(62(48-27-15-21-42(56-48)35(5)6)49-28-16-22-43(57-49)36(7)8)60-53(32-39)63(50-29-17-23-44(58-50)37(9)10)51-30-18-24-45(59-51)38(11)12/h13-38H,1-12H3. The van der Waals surface area contributed by atoms with Crippen molar-refractivity contribution in [3.63, 3.8) is 0 Å². The van der Waals surface area contributed by atoms with Gasteiger partial charge in [-0.25, -0.2) is 34.9 Å². The Balaban J connectivity index is 1.62. The van der Waals surface area contributed by atoms with Gasteiger partial charge in [-0.1, -0.05) is 119 Å². The first-order valence-electron chi connectivity index (χ1n) is 22.4. The lowest BCUT2D eigenvalue weighted by molar-refractivity contribution is 0.811. The number of aromatic nitrogens is 7. The first-order valence-corrected chi connectivity index (χ1v) is 22.4. The van der Waals surface area contributed by atoms with E-state index in [2.05, 4.69) is 183 Å². The summed E-state index contributed by atoms with van der Waals surface area (Å²) >= 11 is 0. The summed E-state index contributed by atoms with van der Waals surface area (Å²) in [6.45, 7) is 26.0. The zero-order chi connectivity index (χ0) is 44.9. The van der Waals surface area contributed by atoms with Crippen LogP contribution >= 0.6 is 0 Å². The van der Waals surface area contributed by atoms with Crippen molar-refractivity contribution in [3.8, 4) is 0 Å². The van der Waals surface area contributed by atoms with Crippen molar-refractivity contribution in [1.82, 2.24) is 34.9 Å². The van der Waals surface area contributed by atoms with Gasteiger partial charge < -0.3 is 0 Å². The molecule has 0 bridgehead atoms. The lowest BCUT2D eigenvalue weighted by atomic mass is 10.1. The minimum atomic E-state index is 0.194. The third-order valence-electron chi connectivity index (χ3n) is 11.0. The molecule has 324 valence electrons. The monoisotopic (exact) mass is 839 g/mol. The van der Waals surface area contributed by atoms with Gasteiger partial charge in [0.25, 0.3) is 0 Å². The molecule has 0 spiro atoms. The van der Waals surface area contributed by atoms with Crippen LogP contribution in [0.15, 0.2) is 121 Å². The average Bonchev–Trinajstić information content (AvgIpc) is 3.27. The van der Waals surface area contributed by atoms with Gasteiger partial charge in [0.1, 0.15) is 46.5 Å². The molecule has 0 aromatic carbocycles. The summed E-state index contributed by atoms with van der Waals surface area (Å²) in [5.41, 5.74) is 6.59. The first kappa shape index (κ1) is 44.5. The summed E-state index contributed by atoms with van der Waals surface area (Å²) in [5.74, 6) is 6.63. The van der Waals surface area contributed by atoms with Crippen molar-refractivity contribution < 1.29 is 0 Å². The molecule has 0 aliphatic heterocycles. The molecule has 0 saturated heterocycles. The maximum absolute atomic E-state index is 5.62. The Morgan fingerprint density at radius 2 is 0.460 bits per heavy atom. The number of anilines is 9. The molecule has 63 heavy (non-hydrogen) atoms. The molecule has 7 aromatic heterocycles. The van der Waals surface area contributed by atoms with E-state index in [-0.39, 0.29) is 35.5 Å². The predicted octanol–water partition coefficient (Wildman–Crippen LogP) is 14.6. The molecule has 7 heterocycles. The van der Waals surface area contributed by atoms with E-state index in [4.69, 9.17) is 34.9 Å². The Hall–Kier alpha value is -6.55. The smallest absolute Gasteiger partial charge is 0.144 e. The van der Waals surface area contributed by atoms with Gasteiger partial charge in [-0.3, -0.25) is 14.7 Å². The second-order valence-corrected chi connectivity index (χ2v) is 18.0. The summed E-state index contributed by atoms with van der Waals surface area (Å²) in [6.07, 6.45) is 0. The molecule has 0 amide bonds. The zero-order valence-electron chi connectivity index (χ0n) is 39.0. The molecular formula is C53H62N10. The molecule has 0 aliphatic rings. The van der Waals surface area contributed by atoms with Crippen molar-refractivity contribution >= 4 is 52.2 Å².